The Morgan fingerprint density at radius 1 is 1.00 bits per heavy atom. The third kappa shape index (κ3) is 4.56. The van der Waals surface area contributed by atoms with Crippen LogP contribution in [0.1, 0.15) is 40.6 Å². The van der Waals surface area contributed by atoms with Gasteiger partial charge in [-0.3, -0.25) is 14.2 Å². The molecule has 2 aliphatic heterocycles. The lowest BCUT2D eigenvalue weighted by atomic mass is 10.1. The summed E-state index contributed by atoms with van der Waals surface area (Å²) in [5.74, 6) is 2.29. The van der Waals surface area contributed by atoms with E-state index in [4.69, 9.17) is 21.4 Å². The van der Waals surface area contributed by atoms with Crippen molar-refractivity contribution in [3.8, 4) is 11.4 Å². The summed E-state index contributed by atoms with van der Waals surface area (Å²) in [5.41, 5.74) is 2.24. The molecule has 43 heavy (non-hydrogen) atoms. The molecule has 1 atom stereocenters. The van der Waals surface area contributed by atoms with Gasteiger partial charge in [0.15, 0.2) is 5.82 Å². The van der Waals surface area contributed by atoms with Gasteiger partial charge in [-0.2, -0.15) is 5.10 Å². The van der Waals surface area contributed by atoms with Gasteiger partial charge in [0.2, 0.25) is 0 Å². The van der Waals surface area contributed by atoms with Crippen molar-refractivity contribution in [2.24, 2.45) is 0 Å². The minimum Gasteiger partial charge on any atom is -0.497 e. The van der Waals surface area contributed by atoms with Crippen LogP contribution in [0, 0.1) is 0 Å². The Morgan fingerprint density at radius 3 is 2.53 bits per heavy atom. The SMILES string of the molecule is COc1ccc(CN2CN(C)C(=O)c3c2ncnc3N2CCC[C@H]2c2nn3ccc(Cl)c3c(=O)n2-c2ccccc2)cc1. The number of anilines is 2. The highest BCUT2D eigenvalue weighted by Gasteiger charge is 2.39. The number of para-hydroxylation sites is 1. The molecule has 0 radical (unpaired) electrons. The molecule has 12 heteroatoms. The molecule has 1 amide bonds. The molecule has 1 saturated heterocycles. The molecule has 0 unspecified atom stereocenters. The van der Waals surface area contributed by atoms with Gasteiger partial charge in [0.25, 0.3) is 11.5 Å². The van der Waals surface area contributed by atoms with Crippen LogP contribution >= 0.6 is 11.6 Å². The molecule has 1 fully saturated rings. The number of rotatable bonds is 6. The first-order valence-electron chi connectivity index (χ1n) is 14.0. The van der Waals surface area contributed by atoms with Crippen LogP contribution in [-0.2, 0) is 6.54 Å². The normalized spacial score (nSPS) is 16.7. The number of benzene rings is 2. The number of carbonyl (C=O) groups is 1. The first kappa shape index (κ1) is 27.0. The molecule has 0 aliphatic carbocycles. The molecule has 7 rings (SSSR count). The van der Waals surface area contributed by atoms with Crippen LogP contribution in [0.5, 0.6) is 5.75 Å². The van der Waals surface area contributed by atoms with Gasteiger partial charge in [0, 0.05) is 26.3 Å². The minimum atomic E-state index is -0.326. The predicted molar refractivity (Wildman–Crippen MR) is 163 cm³/mol. The van der Waals surface area contributed by atoms with E-state index in [0.29, 0.717) is 59.0 Å². The van der Waals surface area contributed by atoms with Crippen molar-refractivity contribution in [2.75, 3.05) is 37.2 Å². The number of hydrogen-bond acceptors (Lipinski definition) is 8. The Labute approximate surface area is 252 Å². The van der Waals surface area contributed by atoms with Gasteiger partial charge in [0.05, 0.1) is 30.5 Å². The van der Waals surface area contributed by atoms with Crippen molar-refractivity contribution in [1.29, 1.82) is 0 Å². The molecular formula is C31H29ClN8O3. The number of hydrogen-bond donors (Lipinski definition) is 0. The largest absolute Gasteiger partial charge is 0.497 e. The van der Waals surface area contributed by atoms with Crippen LogP contribution in [0.3, 0.4) is 0 Å². The van der Waals surface area contributed by atoms with Crippen LogP contribution < -0.4 is 20.1 Å². The number of halogens is 1. The predicted octanol–water partition coefficient (Wildman–Crippen LogP) is 4.33. The van der Waals surface area contributed by atoms with Gasteiger partial charge in [-0.25, -0.2) is 14.5 Å². The molecule has 2 aromatic carbocycles. The molecule has 218 valence electrons. The standard InChI is InChI=1S/C31H29ClN8O3/c1-36-19-37(17-20-10-12-22(43-2)13-11-20)28-25(30(36)41)29(34-18-33-28)38-15-6-9-24(38)27-35-39-16-14-23(32)26(39)31(42)40(27)21-7-4-3-5-8-21/h3-5,7-8,10-14,16,18,24H,6,9,15,17,19H2,1-2H3/t24-/m0/s1. The maximum atomic E-state index is 13.9. The van der Waals surface area contributed by atoms with Gasteiger partial charge in [-0.15, -0.1) is 0 Å². The summed E-state index contributed by atoms with van der Waals surface area (Å²) in [7, 11) is 3.42. The Kier molecular flexibility index (Phi) is 6.73. The van der Waals surface area contributed by atoms with Crippen LogP contribution in [0.4, 0.5) is 11.6 Å². The van der Waals surface area contributed by atoms with Crippen molar-refractivity contribution >= 4 is 34.7 Å². The lowest BCUT2D eigenvalue weighted by molar-refractivity contribution is 0.0780. The van der Waals surface area contributed by atoms with Crippen molar-refractivity contribution in [3.05, 3.63) is 106 Å². The summed E-state index contributed by atoms with van der Waals surface area (Å²) < 4.78 is 8.48. The number of amides is 1. The van der Waals surface area contributed by atoms with E-state index in [1.165, 1.54) is 6.33 Å². The third-order valence-electron chi connectivity index (χ3n) is 8.08. The number of ether oxygens (including phenoxy) is 1. The van der Waals surface area contributed by atoms with Crippen molar-refractivity contribution in [2.45, 2.75) is 25.4 Å². The molecule has 0 saturated carbocycles. The van der Waals surface area contributed by atoms with Crippen LogP contribution in [0.2, 0.25) is 5.02 Å². The zero-order chi connectivity index (χ0) is 29.7. The highest BCUT2D eigenvalue weighted by atomic mass is 35.5. The fourth-order valence-corrected chi connectivity index (χ4v) is 6.27. The first-order valence-corrected chi connectivity index (χ1v) is 14.4. The number of fused-ring (bicyclic) bond motifs is 2. The Hall–Kier alpha value is -4.90. The molecule has 0 bridgehead atoms. The van der Waals surface area contributed by atoms with E-state index >= 15 is 0 Å². The maximum Gasteiger partial charge on any atom is 0.284 e. The minimum absolute atomic E-state index is 0.150. The third-order valence-corrected chi connectivity index (χ3v) is 8.39. The Morgan fingerprint density at radius 2 is 1.77 bits per heavy atom. The second kappa shape index (κ2) is 10.7. The highest BCUT2D eigenvalue weighted by Crippen LogP contribution is 2.40. The molecule has 2 aliphatic rings. The topological polar surface area (TPSA) is 101 Å². The summed E-state index contributed by atoms with van der Waals surface area (Å²) in [4.78, 5) is 42.7. The van der Waals surface area contributed by atoms with Gasteiger partial charge in [0.1, 0.15) is 34.8 Å². The van der Waals surface area contributed by atoms with Crippen LogP contribution in [-0.4, -0.2) is 62.3 Å². The lowest BCUT2D eigenvalue weighted by Gasteiger charge is -2.37. The summed E-state index contributed by atoms with van der Waals surface area (Å²) in [6, 6.07) is 18.6. The van der Waals surface area contributed by atoms with Gasteiger partial charge in [-0.1, -0.05) is 41.9 Å². The molecule has 11 nitrogen and oxygen atoms in total. The molecule has 5 aromatic rings. The average Bonchev–Trinajstić information content (AvgIpc) is 3.67. The van der Waals surface area contributed by atoms with Gasteiger partial charge >= 0.3 is 0 Å². The van der Waals surface area contributed by atoms with Gasteiger partial charge < -0.3 is 19.4 Å². The monoisotopic (exact) mass is 596 g/mol. The molecule has 0 spiro atoms. The van der Waals surface area contributed by atoms with E-state index in [9.17, 15) is 9.59 Å². The summed E-state index contributed by atoms with van der Waals surface area (Å²) in [5, 5.41) is 5.26. The van der Waals surface area contributed by atoms with Crippen molar-refractivity contribution in [3.63, 3.8) is 0 Å². The average molecular weight is 597 g/mol. The van der Waals surface area contributed by atoms with Crippen LogP contribution in [0.15, 0.2) is 78.0 Å². The quantitative estimate of drug-likeness (QED) is 0.286. The maximum absolute atomic E-state index is 13.9. The summed E-state index contributed by atoms with van der Waals surface area (Å²) in [6.45, 7) is 1.57. The zero-order valence-corrected chi connectivity index (χ0v) is 24.5. The summed E-state index contributed by atoms with van der Waals surface area (Å²) >= 11 is 6.42. The molecule has 5 heterocycles. The Balaban J connectivity index is 1.34. The summed E-state index contributed by atoms with van der Waals surface area (Å²) in [6.07, 6.45) is 4.76. The van der Waals surface area contributed by atoms with E-state index < -0.39 is 0 Å². The lowest BCUT2D eigenvalue weighted by Crippen LogP contribution is -2.46. The Bertz CT molecular complexity index is 1890. The fourth-order valence-electron chi connectivity index (χ4n) is 6.05. The van der Waals surface area contributed by atoms with Crippen molar-refractivity contribution in [1.82, 2.24) is 29.0 Å². The van der Waals surface area contributed by atoms with Crippen molar-refractivity contribution < 1.29 is 9.53 Å². The molecule has 3 aromatic heterocycles. The number of carbonyl (C=O) groups excluding carboxylic acids is 1. The number of methoxy groups -OCH3 is 1. The van der Waals surface area contributed by atoms with Crippen LogP contribution in [0.25, 0.3) is 11.2 Å². The highest BCUT2D eigenvalue weighted by molar-refractivity contribution is 6.33. The fraction of sp³-hybridized carbons (Fsp3) is 0.258. The molecule has 0 N–H and O–H groups in total. The number of nitrogens with zero attached hydrogens (tertiary/aromatic N) is 8. The second-order valence-corrected chi connectivity index (χ2v) is 11.1. The van der Waals surface area contributed by atoms with E-state index in [-0.39, 0.29) is 17.5 Å². The zero-order valence-electron chi connectivity index (χ0n) is 23.7. The van der Waals surface area contributed by atoms with E-state index in [1.807, 2.05) is 54.6 Å². The smallest absolute Gasteiger partial charge is 0.284 e. The number of aromatic nitrogens is 5. The van der Waals surface area contributed by atoms with E-state index in [0.717, 1.165) is 24.2 Å². The van der Waals surface area contributed by atoms with Gasteiger partial charge in [-0.05, 0) is 48.7 Å². The molecular weight excluding hydrogens is 568 g/mol. The van der Waals surface area contributed by atoms with E-state index in [2.05, 4.69) is 19.8 Å². The first-order chi connectivity index (χ1) is 20.9. The second-order valence-electron chi connectivity index (χ2n) is 10.7. The van der Waals surface area contributed by atoms with E-state index in [1.54, 1.807) is 40.4 Å².